The summed E-state index contributed by atoms with van der Waals surface area (Å²) in [5.41, 5.74) is 6.67. The standard InChI is InChI=1S/C14H20N2O3/c1-2-18-14(17)12(15)8-11-4-3-7-16-13(11)19-9-10-5-6-10/h3-4,7,10,12H,2,5-6,8-9,15H2,1H3. The zero-order chi connectivity index (χ0) is 13.7. The molecule has 0 aromatic carbocycles. The van der Waals surface area contributed by atoms with Crippen LogP contribution in [0.15, 0.2) is 18.3 Å². The Hall–Kier alpha value is -1.62. The molecule has 1 aromatic heterocycles. The predicted octanol–water partition coefficient (Wildman–Crippen LogP) is 1.30. The van der Waals surface area contributed by atoms with Crippen LogP contribution in [0.1, 0.15) is 25.3 Å². The van der Waals surface area contributed by atoms with E-state index in [1.807, 2.05) is 12.1 Å². The molecule has 1 heterocycles. The Bertz CT molecular complexity index is 432. The molecule has 0 spiro atoms. The summed E-state index contributed by atoms with van der Waals surface area (Å²) < 4.78 is 10.6. The molecule has 2 N–H and O–H groups in total. The monoisotopic (exact) mass is 264 g/mol. The second-order valence-corrected chi connectivity index (χ2v) is 4.78. The van der Waals surface area contributed by atoms with E-state index < -0.39 is 6.04 Å². The minimum atomic E-state index is -0.674. The number of carbonyl (C=O) groups excluding carboxylic acids is 1. The normalized spacial score (nSPS) is 15.9. The van der Waals surface area contributed by atoms with Gasteiger partial charge in [-0.3, -0.25) is 4.79 Å². The maximum Gasteiger partial charge on any atom is 0.323 e. The molecular weight excluding hydrogens is 244 g/mol. The van der Waals surface area contributed by atoms with Gasteiger partial charge in [-0.05, 0) is 31.7 Å². The number of rotatable bonds is 7. The van der Waals surface area contributed by atoms with Gasteiger partial charge in [0.2, 0.25) is 5.88 Å². The third-order valence-corrected chi connectivity index (χ3v) is 3.03. The molecule has 19 heavy (non-hydrogen) atoms. The van der Waals surface area contributed by atoms with E-state index in [1.165, 1.54) is 12.8 Å². The first-order valence-electron chi connectivity index (χ1n) is 6.69. The molecule has 2 rings (SSSR count). The van der Waals surface area contributed by atoms with Gasteiger partial charge in [0.25, 0.3) is 0 Å². The van der Waals surface area contributed by atoms with Gasteiger partial charge in [-0.1, -0.05) is 6.07 Å². The number of pyridine rings is 1. The van der Waals surface area contributed by atoms with Gasteiger partial charge in [-0.25, -0.2) is 4.98 Å². The van der Waals surface area contributed by atoms with Crippen molar-refractivity contribution in [2.75, 3.05) is 13.2 Å². The van der Waals surface area contributed by atoms with Crippen molar-refractivity contribution in [1.29, 1.82) is 0 Å². The molecule has 1 aliphatic rings. The van der Waals surface area contributed by atoms with Crippen LogP contribution in [-0.4, -0.2) is 30.2 Å². The van der Waals surface area contributed by atoms with E-state index in [-0.39, 0.29) is 5.97 Å². The van der Waals surface area contributed by atoms with Crippen molar-refractivity contribution in [3.8, 4) is 5.88 Å². The number of carbonyl (C=O) groups is 1. The average Bonchev–Trinajstić information content (AvgIpc) is 3.22. The van der Waals surface area contributed by atoms with Gasteiger partial charge in [0.15, 0.2) is 0 Å². The largest absolute Gasteiger partial charge is 0.477 e. The Kier molecular flexibility index (Phi) is 4.74. The van der Waals surface area contributed by atoms with Crippen LogP contribution in [0.5, 0.6) is 5.88 Å². The molecule has 0 bridgehead atoms. The third-order valence-electron chi connectivity index (χ3n) is 3.03. The predicted molar refractivity (Wildman–Crippen MR) is 70.8 cm³/mol. The van der Waals surface area contributed by atoms with Crippen LogP contribution in [-0.2, 0) is 16.0 Å². The zero-order valence-corrected chi connectivity index (χ0v) is 11.2. The molecular formula is C14H20N2O3. The highest BCUT2D eigenvalue weighted by Gasteiger charge is 2.23. The quantitative estimate of drug-likeness (QED) is 0.751. The molecule has 1 saturated carbocycles. The van der Waals surface area contributed by atoms with Gasteiger partial charge >= 0.3 is 5.97 Å². The van der Waals surface area contributed by atoms with E-state index in [1.54, 1.807) is 13.1 Å². The fourth-order valence-corrected chi connectivity index (χ4v) is 1.76. The molecule has 5 heteroatoms. The van der Waals surface area contributed by atoms with Gasteiger partial charge in [0, 0.05) is 18.2 Å². The molecule has 5 nitrogen and oxygen atoms in total. The van der Waals surface area contributed by atoms with Gasteiger partial charge in [0.05, 0.1) is 13.2 Å². The molecule has 1 unspecified atom stereocenters. The lowest BCUT2D eigenvalue weighted by molar-refractivity contribution is -0.144. The lowest BCUT2D eigenvalue weighted by Gasteiger charge is -2.13. The summed E-state index contributed by atoms with van der Waals surface area (Å²) in [5.74, 6) is 0.849. The first-order valence-corrected chi connectivity index (χ1v) is 6.69. The highest BCUT2D eigenvalue weighted by Crippen LogP contribution is 2.29. The summed E-state index contributed by atoms with van der Waals surface area (Å²) in [5, 5.41) is 0. The second kappa shape index (κ2) is 6.52. The van der Waals surface area contributed by atoms with Crippen molar-refractivity contribution in [2.45, 2.75) is 32.2 Å². The average molecular weight is 264 g/mol. The van der Waals surface area contributed by atoms with E-state index in [9.17, 15) is 4.79 Å². The summed E-state index contributed by atoms with van der Waals surface area (Å²) in [6.07, 6.45) is 4.52. The first kappa shape index (κ1) is 13.8. The van der Waals surface area contributed by atoms with Crippen LogP contribution in [0.2, 0.25) is 0 Å². The molecule has 0 saturated heterocycles. The van der Waals surface area contributed by atoms with Gasteiger partial charge < -0.3 is 15.2 Å². The zero-order valence-electron chi connectivity index (χ0n) is 11.2. The van der Waals surface area contributed by atoms with Crippen molar-refractivity contribution < 1.29 is 14.3 Å². The van der Waals surface area contributed by atoms with Gasteiger partial charge in [-0.2, -0.15) is 0 Å². The number of hydrogen-bond donors (Lipinski definition) is 1. The number of esters is 1. The van der Waals surface area contributed by atoms with Gasteiger partial charge in [0.1, 0.15) is 6.04 Å². The van der Waals surface area contributed by atoms with E-state index in [0.717, 1.165) is 5.56 Å². The summed E-state index contributed by atoms with van der Waals surface area (Å²) in [4.78, 5) is 15.7. The molecule has 1 fully saturated rings. The summed E-state index contributed by atoms with van der Waals surface area (Å²) >= 11 is 0. The molecule has 0 aliphatic heterocycles. The molecule has 1 atom stereocenters. The van der Waals surface area contributed by atoms with Crippen LogP contribution >= 0.6 is 0 Å². The Balaban J connectivity index is 1.95. The maximum absolute atomic E-state index is 11.5. The van der Waals surface area contributed by atoms with E-state index in [0.29, 0.717) is 31.4 Å². The molecule has 1 aromatic rings. The fourth-order valence-electron chi connectivity index (χ4n) is 1.76. The molecule has 0 radical (unpaired) electrons. The minimum Gasteiger partial charge on any atom is -0.477 e. The maximum atomic E-state index is 11.5. The van der Waals surface area contributed by atoms with Crippen molar-refractivity contribution in [3.63, 3.8) is 0 Å². The summed E-state index contributed by atoms with van der Waals surface area (Å²) in [7, 11) is 0. The smallest absolute Gasteiger partial charge is 0.323 e. The van der Waals surface area contributed by atoms with E-state index in [2.05, 4.69) is 4.98 Å². The van der Waals surface area contributed by atoms with Crippen molar-refractivity contribution in [2.24, 2.45) is 11.7 Å². The van der Waals surface area contributed by atoms with Crippen LogP contribution in [0.3, 0.4) is 0 Å². The van der Waals surface area contributed by atoms with E-state index >= 15 is 0 Å². The second-order valence-electron chi connectivity index (χ2n) is 4.78. The lowest BCUT2D eigenvalue weighted by atomic mass is 10.1. The lowest BCUT2D eigenvalue weighted by Crippen LogP contribution is -2.34. The number of aromatic nitrogens is 1. The van der Waals surface area contributed by atoms with Crippen LogP contribution in [0.4, 0.5) is 0 Å². The number of nitrogens with zero attached hydrogens (tertiary/aromatic N) is 1. The minimum absolute atomic E-state index is 0.338. The first-order chi connectivity index (χ1) is 9.20. The number of ether oxygens (including phenoxy) is 2. The summed E-state index contributed by atoms with van der Waals surface area (Å²) in [6.45, 7) is 2.79. The van der Waals surface area contributed by atoms with E-state index in [4.69, 9.17) is 15.2 Å². The van der Waals surface area contributed by atoms with Crippen molar-refractivity contribution >= 4 is 5.97 Å². The Morgan fingerprint density at radius 1 is 1.58 bits per heavy atom. The van der Waals surface area contributed by atoms with Crippen molar-refractivity contribution in [1.82, 2.24) is 4.98 Å². The number of nitrogens with two attached hydrogens (primary N) is 1. The van der Waals surface area contributed by atoms with Crippen LogP contribution in [0, 0.1) is 5.92 Å². The summed E-state index contributed by atoms with van der Waals surface area (Å²) in [6, 6.07) is 3.03. The molecule has 0 amide bonds. The van der Waals surface area contributed by atoms with Gasteiger partial charge in [-0.15, -0.1) is 0 Å². The Labute approximate surface area is 113 Å². The fraction of sp³-hybridized carbons (Fsp3) is 0.571. The molecule has 104 valence electrons. The topological polar surface area (TPSA) is 74.4 Å². The third kappa shape index (κ3) is 4.21. The number of hydrogen-bond acceptors (Lipinski definition) is 5. The van der Waals surface area contributed by atoms with Crippen LogP contribution in [0.25, 0.3) is 0 Å². The molecule has 1 aliphatic carbocycles. The SMILES string of the molecule is CCOC(=O)C(N)Cc1cccnc1OCC1CC1. The van der Waals surface area contributed by atoms with Crippen LogP contribution < -0.4 is 10.5 Å². The van der Waals surface area contributed by atoms with Crippen molar-refractivity contribution in [3.05, 3.63) is 23.9 Å². The highest BCUT2D eigenvalue weighted by molar-refractivity contribution is 5.75. The highest BCUT2D eigenvalue weighted by atomic mass is 16.5. The Morgan fingerprint density at radius 3 is 3.05 bits per heavy atom. The Morgan fingerprint density at radius 2 is 2.37 bits per heavy atom.